The third kappa shape index (κ3) is 1.46. The van der Waals surface area contributed by atoms with Crippen LogP contribution in [0.4, 0.5) is 0 Å². The molecule has 4 nitrogen and oxygen atoms in total. The number of nitrogens with zero attached hydrogens (tertiary/aromatic N) is 4. The molecule has 0 radical (unpaired) electrons. The summed E-state index contributed by atoms with van der Waals surface area (Å²) in [6, 6.07) is 4.90. The maximum absolute atomic E-state index is 8.68. The highest BCUT2D eigenvalue weighted by Crippen LogP contribution is 2.29. The summed E-state index contributed by atoms with van der Waals surface area (Å²) in [5.74, 6) is 0. The van der Waals surface area contributed by atoms with Crippen molar-refractivity contribution in [1.82, 2.24) is 4.98 Å². The molecule has 0 atom stereocenters. The fourth-order valence-corrected chi connectivity index (χ4v) is 1.65. The van der Waals surface area contributed by atoms with Crippen LogP contribution in [-0.2, 0) is 5.41 Å². The molecule has 0 aliphatic rings. The summed E-state index contributed by atoms with van der Waals surface area (Å²) in [5.41, 5.74) is -1.77. The Balaban J connectivity index is 3.30. The first-order valence-corrected chi connectivity index (χ1v) is 4.23. The second kappa shape index (κ2) is 3.41. The van der Waals surface area contributed by atoms with Gasteiger partial charge in [0.15, 0.2) is 4.47 Å². The molecule has 1 aromatic rings. The van der Waals surface area contributed by atoms with Crippen LogP contribution in [0.15, 0.2) is 6.20 Å². The first-order valence-electron chi connectivity index (χ1n) is 3.04. The molecule has 0 unspecified atom stereocenters. The van der Waals surface area contributed by atoms with Crippen molar-refractivity contribution < 1.29 is 0 Å². The van der Waals surface area contributed by atoms with Gasteiger partial charge in [0.05, 0.1) is 4.88 Å². The molecule has 0 amide bonds. The molecular weight excluding hydrogens is 208 g/mol. The summed E-state index contributed by atoms with van der Waals surface area (Å²) in [7, 11) is 0. The van der Waals surface area contributed by atoms with Gasteiger partial charge < -0.3 is 0 Å². The summed E-state index contributed by atoms with van der Waals surface area (Å²) in [6.45, 7) is 0. The van der Waals surface area contributed by atoms with Gasteiger partial charge in [-0.2, -0.15) is 15.8 Å². The Kier molecular flexibility index (Phi) is 2.49. The largest absolute Gasteiger partial charge is 0.264 e. The molecule has 0 saturated carbocycles. The normalized spacial score (nSPS) is 9.69. The van der Waals surface area contributed by atoms with E-state index in [1.807, 2.05) is 0 Å². The highest BCUT2D eigenvalue weighted by molar-refractivity contribution is 7.15. The number of rotatable bonds is 1. The van der Waals surface area contributed by atoms with Crippen LogP contribution in [0.25, 0.3) is 0 Å². The molecule has 0 aliphatic heterocycles. The van der Waals surface area contributed by atoms with Crippen LogP contribution >= 0.6 is 22.9 Å². The predicted molar refractivity (Wildman–Crippen MR) is 45.6 cm³/mol. The molecule has 1 rings (SSSR count). The van der Waals surface area contributed by atoms with Gasteiger partial charge in [-0.1, -0.05) is 11.6 Å². The maximum Gasteiger partial charge on any atom is 0.264 e. The summed E-state index contributed by atoms with van der Waals surface area (Å²) in [6.07, 6.45) is 1.27. The van der Waals surface area contributed by atoms with E-state index in [2.05, 4.69) is 4.98 Å². The predicted octanol–water partition coefficient (Wildman–Crippen LogP) is 1.61. The zero-order valence-electron chi connectivity index (χ0n) is 6.15. The van der Waals surface area contributed by atoms with E-state index in [4.69, 9.17) is 27.4 Å². The minimum atomic E-state index is -1.77. The Morgan fingerprint density at radius 3 is 2.15 bits per heavy atom. The molecule has 13 heavy (non-hydrogen) atoms. The molecule has 0 N–H and O–H groups in total. The zero-order valence-corrected chi connectivity index (χ0v) is 7.72. The van der Waals surface area contributed by atoms with E-state index in [9.17, 15) is 0 Å². The minimum absolute atomic E-state index is 0.208. The molecule has 0 fully saturated rings. The Morgan fingerprint density at radius 1 is 1.31 bits per heavy atom. The third-order valence-corrected chi connectivity index (χ3v) is 2.58. The average Bonchev–Trinajstić information content (AvgIpc) is 2.57. The van der Waals surface area contributed by atoms with E-state index in [1.54, 1.807) is 18.2 Å². The van der Waals surface area contributed by atoms with Crippen LogP contribution in [0, 0.1) is 34.0 Å². The number of halogens is 1. The van der Waals surface area contributed by atoms with Gasteiger partial charge in [0, 0.05) is 6.20 Å². The van der Waals surface area contributed by atoms with Gasteiger partial charge in [0.25, 0.3) is 5.41 Å². The second-order valence-corrected chi connectivity index (χ2v) is 3.68. The maximum atomic E-state index is 8.68. The Bertz CT molecular complexity index is 408. The van der Waals surface area contributed by atoms with Crippen LogP contribution in [0.5, 0.6) is 0 Å². The van der Waals surface area contributed by atoms with Crippen molar-refractivity contribution in [2.75, 3.05) is 0 Å². The summed E-state index contributed by atoms with van der Waals surface area (Å²) in [4.78, 5) is 3.91. The molecule has 0 aromatic carbocycles. The van der Waals surface area contributed by atoms with Gasteiger partial charge in [0.2, 0.25) is 0 Å². The highest BCUT2D eigenvalue weighted by Gasteiger charge is 2.34. The smallest absolute Gasteiger partial charge is 0.233 e. The molecule has 0 bridgehead atoms. The van der Waals surface area contributed by atoms with Crippen molar-refractivity contribution >= 4 is 22.9 Å². The number of thiazole rings is 1. The SMILES string of the molecule is N#CC(C#N)(C#N)c1cnc(Cl)s1. The number of nitriles is 3. The Hall–Kier alpha value is -1.61. The quantitative estimate of drug-likeness (QED) is 0.702. The van der Waals surface area contributed by atoms with Gasteiger partial charge in [0.1, 0.15) is 18.2 Å². The summed E-state index contributed by atoms with van der Waals surface area (Å²) >= 11 is 6.47. The molecule has 0 spiro atoms. The second-order valence-electron chi connectivity index (χ2n) is 2.06. The van der Waals surface area contributed by atoms with Crippen LogP contribution in [-0.4, -0.2) is 4.98 Å². The number of aromatic nitrogens is 1. The lowest BCUT2D eigenvalue weighted by molar-refractivity contribution is 0.926. The molecular formula is C7HClN4S. The monoisotopic (exact) mass is 208 g/mol. The van der Waals surface area contributed by atoms with E-state index >= 15 is 0 Å². The van der Waals surface area contributed by atoms with Gasteiger partial charge in [-0.15, -0.1) is 11.3 Å². The number of hydrogen-bond acceptors (Lipinski definition) is 5. The zero-order chi connectivity index (χ0) is 9.90. The lowest BCUT2D eigenvalue weighted by atomic mass is 9.93. The summed E-state index contributed by atoms with van der Waals surface area (Å²) < 4.78 is 0.208. The number of hydrogen-bond donors (Lipinski definition) is 0. The molecule has 0 saturated heterocycles. The van der Waals surface area contributed by atoms with Crippen molar-refractivity contribution in [3.63, 3.8) is 0 Å². The molecule has 1 aromatic heterocycles. The average molecular weight is 209 g/mol. The standard InChI is InChI=1S/C7HClN4S/c8-6-12-1-5(13-6)7(2-9,3-10)4-11/h1H. The Labute approximate surface area is 83.2 Å². The van der Waals surface area contributed by atoms with Crippen LogP contribution in [0.1, 0.15) is 4.88 Å². The van der Waals surface area contributed by atoms with E-state index < -0.39 is 5.41 Å². The highest BCUT2D eigenvalue weighted by atomic mass is 35.5. The lowest BCUT2D eigenvalue weighted by Crippen LogP contribution is -2.17. The van der Waals surface area contributed by atoms with Crippen LogP contribution in [0.3, 0.4) is 0 Å². The molecule has 62 valence electrons. The van der Waals surface area contributed by atoms with E-state index in [1.165, 1.54) is 6.20 Å². The van der Waals surface area contributed by atoms with Crippen molar-refractivity contribution in [3.05, 3.63) is 15.5 Å². The van der Waals surface area contributed by atoms with Gasteiger partial charge in [-0.3, -0.25) is 0 Å². The molecule has 0 aliphatic carbocycles. The van der Waals surface area contributed by atoms with E-state index in [0.29, 0.717) is 0 Å². The van der Waals surface area contributed by atoms with Gasteiger partial charge in [-0.25, -0.2) is 4.98 Å². The fraction of sp³-hybridized carbons (Fsp3) is 0.143. The lowest BCUT2D eigenvalue weighted by Gasteiger charge is -2.02. The van der Waals surface area contributed by atoms with E-state index in [-0.39, 0.29) is 9.34 Å². The van der Waals surface area contributed by atoms with Crippen LogP contribution in [0.2, 0.25) is 4.47 Å². The van der Waals surface area contributed by atoms with Gasteiger partial charge >= 0.3 is 0 Å². The van der Waals surface area contributed by atoms with E-state index in [0.717, 1.165) is 11.3 Å². The topological polar surface area (TPSA) is 84.3 Å². The van der Waals surface area contributed by atoms with Crippen molar-refractivity contribution in [2.45, 2.75) is 5.41 Å². The first kappa shape index (κ1) is 9.48. The molecule has 6 heteroatoms. The van der Waals surface area contributed by atoms with Crippen LogP contribution < -0.4 is 0 Å². The third-order valence-electron chi connectivity index (χ3n) is 1.35. The minimum Gasteiger partial charge on any atom is -0.233 e. The van der Waals surface area contributed by atoms with Crippen molar-refractivity contribution in [1.29, 1.82) is 15.8 Å². The molecule has 1 heterocycles. The van der Waals surface area contributed by atoms with Crippen molar-refractivity contribution in [2.24, 2.45) is 0 Å². The fourth-order valence-electron chi connectivity index (χ4n) is 0.666. The summed E-state index contributed by atoms with van der Waals surface area (Å²) in [5, 5.41) is 26.0. The first-order chi connectivity index (χ1) is 6.18. The van der Waals surface area contributed by atoms with Crippen molar-refractivity contribution in [3.8, 4) is 18.2 Å². The van der Waals surface area contributed by atoms with Gasteiger partial charge in [-0.05, 0) is 0 Å². The Morgan fingerprint density at radius 2 is 1.85 bits per heavy atom.